The van der Waals surface area contributed by atoms with Gasteiger partial charge in [-0.05, 0) is 31.1 Å². The molecule has 1 fully saturated rings. The molecule has 0 bridgehead atoms. The lowest BCUT2D eigenvalue weighted by molar-refractivity contribution is 0.481. The van der Waals surface area contributed by atoms with Crippen molar-refractivity contribution in [2.75, 3.05) is 0 Å². The molecule has 2 unspecified atom stereocenters. The molecule has 0 amide bonds. The molecule has 0 heteroatoms. The van der Waals surface area contributed by atoms with Crippen LogP contribution in [0, 0.1) is 18.3 Å². The molecule has 1 aliphatic rings. The molecule has 0 nitrogen and oxygen atoms in total. The van der Waals surface area contributed by atoms with Crippen LogP contribution in [-0.2, 0) is 0 Å². The minimum absolute atomic E-state index is 0.957. The summed E-state index contributed by atoms with van der Waals surface area (Å²) in [5, 5.41) is 0. The van der Waals surface area contributed by atoms with E-state index in [1.54, 1.807) is 0 Å². The molecule has 9 heavy (non-hydrogen) atoms. The summed E-state index contributed by atoms with van der Waals surface area (Å²) in [7, 11) is 0. The number of hydrogen-bond acceptors (Lipinski definition) is 0. The third kappa shape index (κ3) is 2.88. The fourth-order valence-electron chi connectivity index (χ4n) is 1.03. The SMILES string of the molecule is CCC(C)CCC1[CH]C1. The molecule has 53 valence electrons. The molecule has 0 aromatic rings. The van der Waals surface area contributed by atoms with Crippen molar-refractivity contribution in [3.8, 4) is 0 Å². The second-order valence-corrected chi connectivity index (χ2v) is 3.32. The van der Waals surface area contributed by atoms with Gasteiger partial charge in [0.25, 0.3) is 0 Å². The van der Waals surface area contributed by atoms with Crippen LogP contribution in [0.5, 0.6) is 0 Å². The van der Waals surface area contributed by atoms with Gasteiger partial charge in [0, 0.05) is 0 Å². The molecule has 1 aliphatic carbocycles. The van der Waals surface area contributed by atoms with E-state index < -0.39 is 0 Å². The molecule has 0 aromatic carbocycles. The smallest absolute Gasteiger partial charge is 0.0352 e. The fraction of sp³-hybridized carbons (Fsp3) is 0.889. The zero-order chi connectivity index (χ0) is 6.69. The summed E-state index contributed by atoms with van der Waals surface area (Å²) < 4.78 is 0. The maximum Gasteiger partial charge on any atom is -0.0352 e. The zero-order valence-electron chi connectivity index (χ0n) is 6.56. The van der Waals surface area contributed by atoms with Crippen LogP contribution < -0.4 is 0 Å². The second-order valence-electron chi connectivity index (χ2n) is 3.32. The van der Waals surface area contributed by atoms with Crippen LogP contribution in [0.4, 0.5) is 0 Å². The van der Waals surface area contributed by atoms with Crippen LogP contribution in [0.15, 0.2) is 0 Å². The molecular weight excluding hydrogens is 108 g/mol. The molecular formula is C9H17. The van der Waals surface area contributed by atoms with E-state index in [4.69, 9.17) is 0 Å². The van der Waals surface area contributed by atoms with Gasteiger partial charge in [0.05, 0.1) is 0 Å². The quantitative estimate of drug-likeness (QED) is 0.541. The maximum absolute atomic E-state index is 2.42. The Morgan fingerprint density at radius 1 is 1.67 bits per heavy atom. The number of hydrogen-bond donors (Lipinski definition) is 0. The predicted molar refractivity (Wildman–Crippen MR) is 41.1 cm³/mol. The highest BCUT2D eigenvalue weighted by Crippen LogP contribution is 2.33. The summed E-state index contributed by atoms with van der Waals surface area (Å²) in [6, 6.07) is 0. The average Bonchev–Trinajstić information content (AvgIpc) is 2.65. The largest absolute Gasteiger partial charge is 0.0651 e. The average molecular weight is 125 g/mol. The Morgan fingerprint density at radius 2 is 2.33 bits per heavy atom. The van der Waals surface area contributed by atoms with Crippen LogP contribution in [-0.4, -0.2) is 0 Å². The number of rotatable bonds is 4. The van der Waals surface area contributed by atoms with Crippen molar-refractivity contribution in [2.24, 2.45) is 11.8 Å². The first-order chi connectivity index (χ1) is 4.33. The van der Waals surface area contributed by atoms with Crippen molar-refractivity contribution >= 4 is 0 Å². The van der Waals surface area contributed by atoms with Gasteiger partial charge in [-0.15, -0.1) is 0 Å². The highest BCUT2D eigenvalue weighted by atomic mass is 14.3. The standard InChI is InChI=1S/C9H17/c1-3-8(2)4-5-9-6-7-9/h6,8-9H,3-5,7H2,1-2H3. The maximum atomic E-state index is 2.42. The molecule has 1 saturated carbocycles. The van der Waals surface area contributed by atoms with Crippen molar-refractivity contribution < 1.29 is 0 Å². The Morgan fingerprint density at radius 3 is 2.78 bits per heavy atom. The van der Waals surface area contributed by atoms with Crippen LogP contribution in [0.2, 0.25) is 0 Å². The van der Waals surface area contributed by atoms with Gasteiger partial charge in [0.15, 0.2) is 0 Å². The van der Waals surface area contributed by atoms with Gasteiger partial charge in [-0.25, -0.2) is 0 Å². The Labute approximate surface area is 58.7 Å². The predicted octanol–water partition coefficient (Wildman–Crippen LogP) is 3.04. The lowest BCUT2D eigenvalue weighted by atomic mass is 10.0. The highest BCUT2D eigenvalue weighted by Gasteiger charge is 2.21. The van der Waals surface area contributed by atoms with Gasteiger partial charge in [-0.1, -0.05) is 26.7 Å². The van der Waals surface area contributed by atoms with E-state index in [0.29, 0.717) is 0 Å². The van der Waals surface area contributed by atoms with E-state index in [-0.39, 0.29) is 0 Å². The summed E-state index contributed by atoms with van der Waals surface area (Å²) in [6.45, 7) is 4.63. The van der Waals surface area contributed by atoms with Crippen molar-refractivity contribution in [3.63, 3.8) is 0 Å². The topological polar surface area (TPSA) is 0 Å². The molecule has 0 aromatic heterocycles. The van der Waals surface area contributed by atoms with Crippen molar-refractivity contribution in [1.82, 2.24) is 0 Å². The fourth-order valence-corrected chi connectivity index (χ4v) is 1.03. The summed E-state index contributed by atoms with van der Waals surface area (Å²) >= 11 is 0. The van der Waals surface area contributed by atoms with E-state index >= 15 is 0 Å². The van der Waals surface area contributed by atoms with E-state index in [1.165, 1.54) is 25.7 Å². The molecule has 0 aliphatic heterocycles. The Kier molecular flexibility index (Phi) is 2.56. The van der Waals surface area contributed by atoms with Crippen LogP contribution in [0.3, 0.4) is 0 Å². The first-order valence-corrected chi connectivity index (χ1v) is 4.16. The van der Waals surface area contributed by atoms with Crippen molar-refractivity contribution in [3.05, 3.63) is 6.42 Å². The normalized spacial score (nSPS) is 22.0. The van der Waals surface area contributed by atoms with E-state index in [0.717, 1.165) is 11.8 Å². The highest BCUT2D eigenvalue weighted by molar-refractivity contribution is 4.94. The second kappa shape index (κ2) is 3.24. The summed E-state index contributed by atoms with van der Waals surface area (Å²) in [5.41, 5.74) is 0. The molecule has 1 radical (unpaired) electrons. The monoisotopic (exact) mass is 125 g/mol. The van der Waals surface area contributed by atoms with Crippen LogP contribution >= 0.6 is 0 Å². The van der Waals surface area contributed by atoms with E-state index in [2.05, 4.69) is 20.3 Å². The minimum Gasteiger partial charge on any atom is -0.0651 e. The van der Waals surface area contributed by atoms with Crippen molar-refractivity contribution in [1.29, 1.82) is 0 Å². The lowest BCUT2D eigenvalue weighted by Crippen LogP contribution is -1.91. The third-order valence-corrected chi connectivity index (χ3v) is 2.30. The van der Waals surface area contributed by atoms with E-state index in [1.807, 2.05) is 0 Å². The van der Waals surface area contributed by atoms with Gasteiger partial charge in [-0.3, -0.25) is 0 Å². The Balaban J connectivity index is 1.90. The van der Waals surface area contributed by atoms with Gasteiger partial charge < -0.3 is 0 Å². The lowest BCUT2D eigenvalue weighted by Gasteiger charge is -2.05. The molecule has 0 saturated heterocycles. The van der Waals surface area contributed by atoms with Gasteiger partial charge in [0.2, 0.25) is 0 Å². The molecule has 0 N–H and O–H groups in total. The first kappa shape index (κ1) is 7.11. The molecule has 2 atom stereocenters. The Bertz CT molecular complexity index is 72.1. The van der Waals surface area contributed by atoms with E-state index in [9.17, 15) is 0 Å². The molecule has 1 rings (SSSR count). The van der Waals surface area contributed by atoms with Crippen LogP contribution in [0.1, 0.15) is 39.5 Å². The van der Waals surface area contributed by atoms with Crippen LogP contribution in [0.25, 0.3) is 0 Å². The van der Waals surface area contributed by atoms with Crippen molar-refractivity contribution in [2.45, 2.75) is 39.5 Å². The summed E-state index contributed by atoms with van der Waals surface area (Å²) in [5.74, 6) is 1.97. The van der Waals surface area contributed by atoms with Gasteiger partial charge in [-0.2, -0.15) is 0 Å². The summed E-state index contributed by atoms with van der Waals surface area (Å²) in [6.07, 6.45) is 8.07. The molecule has 0 heterocycles. The molecule has 0 spiro atoms. The Hall–Kier alpha value is 0. The van der Waals surface area contributed by atoms with Gasteiger partial charge >= 0.3 is 0 Å². The van der Waals surface area contributed by atoms with Gasteiger partial charge in [0.1, 0.15) is 0 Å². The first-order valence-electron chi connectivity index (χ1n) is 4.16. The third-order valence-electron chi connectivity index (χ3n) is 2.30. The zero-order valence-corrected chi connectivity index (χ0v) is 6.56. The summed E-state index contributed by atoms with van der Waals surface area (Å²) in [4.78, 5) is 0. The minimum atomic E-state index is 0.957.